The summed E-state index contributed by atoms with van der Waals surface area (Å²) < 4.78 is 12.3. The van der Waals surface area contributed by atoms with Crippen molar-refractivity contribution in [3.8, 4) is 11.5 Å². The molecule has 0 spiro atoms. The highest BCUT2D eigenvalue weighted by Crippen LogP contribution is 2.18. The first-order valence-electron chi connectivity index (χ1n) is 6.28. The second kappa shape index (κ2) is 7.28. The van der Waals surface area contributed by atoms with Gasteiger partial charge in [-0.2, -0.15) is 0 Å². The van der Waals surface area contributed by atoms with Crippen LogP contribution in [0.4, 0.5) is 0 Å². The van der Waals surface area contributed by atoms with Crippen molar-refractivity contribution in [3.05, 3.63) is 57.7 Å². The largest absolute Gasteiger partial charge is 0.490 e. The monoisotopic (exact) mass is 382 g/mol. The molecular weight excluding hydrogens is 367 g/mol. The van der Waals surface area contributed by atoms with Gasteiger partial charge in [-0.3, -0.25) is 4.79 Å². The van der Waals surface area contributed by atoms with Gasteiger partial charge in [0.1, 0.15) is 24.7 Å². The number of para-hydroxylation sites is 1. The van der Waals surface area contributed by atoms with Crippen molar-refractivity contribution in [2.75, 3.05) is 13.2 Å². The molecule has 0 amide bonds. The van der Waals surface area contributed by atoms with E-state index in [1.165, 1.54) is 10.5 Å². The predicted octanol–water partition coefficient (Wildman–Crippen LogP) is 3.95. The van der Waals surface area contributed by atoms with Crippen LogP contribution in [0.3, 0.4) is 0 Å². The van der Waals surface area contributed by atoms with Gasteiger partial charge in [-0.1, -0.05) is 12.1 Å². The van der Waals surface area contributed by atoms with E-state index in [2.05, 4.69) is 22.6 Å². The second-order valence-corrected chi connectivity index (χ2v) is 5.45. The van der Waals surface area contributed by atoms with Gasteiger partial charge in [0, 0.05) is 3.57 Å². The van der Waals surface area contributed by atoms with Crippen molar-refractivity contribution in [3.63, 3.8) is 0 Å². The maximum absolute atomic E-state index is 11.4. The standard InChI is InChI=1S/C16H15IO3/c1-12(18)15-4-2-3-5-16(15)20-11-10-19-14-8-6-13(17)7-9-14/h2-9H,10-11H2,1H3. The molecule has 0 atom stereocenters. The third-order valence-corrected chi connectivity index (χ3v) is 3.41. The molecular formula is C16H15IO3. The molecule has 4 heteroatoms. The Morgan fingerprint density at radius 1 is 1.00 bits per heavy atom. The smallest absolute Gasteiger partial charge is 0.163 e. The Bertz CT molecular complexity index is 579. The Morgan fingerprint density at radius 2 is 1.65 bits per heavy atom. The fraction of sp³-hybridized carbons (Fsp3) is 0.188. The molecule has 2 rings (SSSR count). The molecule has 3 nitrogen and oxygen atoms in total. The number of hydrogen-bond donors (Lipinski definition) is 0. The number of ether oxygens (including phenoxy) is 2. The van der Waals surface area contributed by atoms with E-state index in [4.69, 9.17) is 9.47 Å². The highest BCUT2D eigenvalue weighted by atomic mass is 127. The van der Waals surface area contributed by atoms with E-state index in [9.17, 15) is 4.79 Å². The first-order valence-corrected chi connectivity index (χ1v) is 7.36. The molecule has 0 saturated heterocycles. The number of rotatable bonds is 6. The van der Waals surface area contributed by atoms with Crippen LogP contribution in [-0.2, 0) is 0 Å². The molecule has 0 aliphatic carbocycles. The summed E-state index contributed by atoms with van der Waals surface area (Å²) in [6, 6.07) is 15.0. The van der Waals surface area contributed by atoms with E-state index in [0.29, 0.717) is 24.5 Å². The fourth-order valence-corrected chi connectivity index (χ4v) is 2.08. The number of benzene rings is 2. The minimum atomic E-state index is -0.000784. The van der Waals surface area contributed by atoms with E-state index in [1.807, 2.05) is 36.4 Å². The van der Waals surface area contributed by atoms with Crippen molar-refractivity contribution in [1.29, 1.82) is 0 Å². The second-order valence-electron chi connectivity index (χ2n) is 4.20. The fourth-order valence-electron chi connectivity index (χ4n) is 1.73. The van der Waals surface area contributed by atoms with Crippen LogP contribution in [0.1, 0.15) is 17.3 Å². The Kier molecular flexibility index (Phi) is 5.40. The number of carbonyl (C=O) groups is 1. The van der Waals surface area contributed by atoms with Gasteiger partial charge in [0.2, 0.25) is 0 Å². The van der Waals surface area contributed by atoms with Crippen molar-refractivity contribution >= 4 is 28.4 Å². The van der Waals surface area contributed by atoms with Gasteiger partial charge in [-0.05, 0) is 65.9 Å². The SMILES string of the molecule is CC(=O)c1ccccc1OCCOc1ccc(I)cc1. The maximum atomic E-state index is 11.4. The lowest BCUT2D eigenvalue weighted by atomic mass is 10.1. The highest BCUT2D eigenvalue weighted by Gasteiger charge is 2.06. The van der Waals surface area contributed by atoms with Crippen LogP contribution in [0.2, 0.25) is 0 Å². The topological polar surface area (TPSA) is 35.5 Å². The van der Waals surface area contributed by atoms with E-state index >= 15 is 0 Å². The number of halogens is 1. The zero-order valence-electron chi connectivity index (χ0n) is 11.1. The molecule has 104 valence electrons. The molecule has 0 N–H and O–H groups in total. The lowest BCUT2D eigenvalue weighted by Gasteiger charge is -2.10. The van der Waals surface area contributed by atoms with Crippen molar-refractivity contribution in [2.45, 2.75) is 6.92 Å². The van der Waals surface area contributed by atoms with Gasteiger partial charge in [-0.25, -0.2) is 0 Å². The molecule has 0 aliphatic heterocycles. The minimum absolute atomic E-state index is 0.000784. The van der Waals surface area contributed by atoms with Gasteiger partial charge in [0.15, 0.2) is 5.78 Å². The van der Waals surface area contributed by atoms with Crippen molar-refractivity contribution in [2.24, 2.45) is 0 Å². The molecule has 0 aliphatic rings. The summed E-state index contributed by atoms with van der Waals surface area (Å²) in [6.07, 6.45) is 0. The Hall–Kier alpha value is -1.56. The van der Waals surface area contributed by atoms with E-state index in [1.54, 1.807) is 12.1 Å². The number of hydrogen-bond acceptors (Lipinski definition) is 3. The molecule has 2 aromatic rings. The molecule has 0 aromatic heterocycles. The van der Waals surface area contributed by atoms with Crippen molar-refractivity contribution < 1.29 is 14.3 Å². The average Bonchev–Trinajstić information content (AvgIpc) is 2.46. The van der Waals surface area contributed by atoms with Crippen LogP contribution in [-0.4, -0.2) is 19.0 Å². The highest BCUT2D eigenvalue weighted by molar-refractivity contribution is 14.1. The number of ketones is 1. The lowest BCUT2D eigenvalue weighted by Crippen LogP contribution is -2.10. The van der Waals surface area contributed by atoms with Gasteiger partial charge >= 0.3 is 0 Å². The summed E-state index contributed by atoms with van der Waals surface area (Å²) in [5.74, 6) is 1.42. The Morgan fingerprint density at radius 3 is 2.35 bits per heavy atom. The summed E-state index contributed by atoms with van der Waals surface area (Å²) in [4.78, 5) is 11.4. The molecule has 0 radical (unpaired) electrons. The van der Waals surface area contributed by atoms with Crippen LogP contribution in [0.15, 0.2) is 48.5 Å². The molecule has 0 saturated carbocycles. The number of carbonyl (C=O) groups excluding carboxylic acids is 1. The average molecular weight is 382 g/mol. The summed E-state index contributed by atoms with van der Waals surface area (Å²) in [5, 5.41) is 0. The van der Waals surface area contributed by atoms with Crippen LogP contribution >= 0.6 is 22.6 Å². The van der Waals surface area contributed by atoms with Gasteiger partial charge in [-0.15, -0.1) is 0 Å². The maximum Gasteiger partial charge on any atom is 0.163 e. The first-order chi connectivity index (χ1) is 9.66. The van der Waals surface area contributed by atoms with Crippen LogP contribution in [0.5, 0.6) is 11.5 Å². The van der Waals surface area contributed by atoms with Crippen LogP contribution in [0, 0.1) is 3.57 Å². The van der Waals surface area contributed by atoms with E-state index in [-0.39, 0.29) is 5.78 Å². The summed E-state index contributed by atoms with van der Waals surface area (Å²) in [7, 11) is 0. The molecule has 0 fully saturated rings. The third-order valence-electron chi connectivity index (χ3n) is 2.69. The molecule has 0 heterocycles. The Balaban J connectivity index is 1.84. The molecule has 0 unspecified atom stereocenters. The van der Waals surface area contributed by atoms with Crippen LogP contribution in [0.25, 0.3) is 0 Å². The lowest BCUT2D eigenvalue weighted by molar-refractivity contribution is 0.101. The normalized spacial score (nSPS) is 10.1. The molecule has 20 heavy (non-hydrogen) atoms. The third kappa shape index (κ3) is 4.23. The number of Topliss-reactive ketones (excluding diaryl/α,β-unsaturated/α-hetero) is 1. The molecule has 0 bridgehead atoms. The minimum Gasteiger partial charge on any atom is -0.490 e. The van der Waals surface area contributed by atoms with E-state index < -0.39 is 0 Å². The van der Waals surface area contributed by atoms with Gasteiger partial charge in [0.05, 0.1) is 5.56 Å². The van der Waals surface area contributed by atoms with Crippen LogP contribution < -0.4 is 9.47 Å². The predicted molar refractivity (Wildman–Crippen MR) is 86.6 cm³/mol. The zero-order valence-corrected chi connectivity index (χ0v) is 13.3. The summed E-state index contributed by atoms with van der Waals surface area (Å²) in [5.41, 5.74) is 0.599. The summed E-state index contributed by atoms with van der Waals surface area (Å²) >= 11 is 2.25. The van der Waals surface area contributed by atoms with Gasteiger partial charge in [0.25, 0.3) is 0 Å². The van der Waals surface area contributed by atoms with Crippen molar-refractivity contribution in [1.82, 2.24) is 0 Å². The Labute approximate surface area is 132 Å². The quantitative estimate of drug-likeness (QED) is 0.431. The first kappa shape index (κ1) is 14.8. The van der Waals surface area contributed by atoms with E-state index in [0.717, 1.165) is 5.75 Å². The zero-order chi connectivity index (χ0) is 14.4. The summed E-state index contributed by atoms with van der Waals surface area (Å²) in [6.45, 7) is 2.37. The van der Waals surface area contributed by atoms with Gasteiger partial charge < -0.3 is 9.47 Å². The molecule has 2 aromatic carbocycles.